The van der Waals surface area contributed by atoms with Crippen LogP contribution in [0.2, 0.25) is 0 Å². The van der Waals surface area contributed by atoms with Crippen molar-refractivity contribution >= 4 is 23.1 Å². The number of nitrogens with zero attached hydrogens (tertiary/aromatic N) is 3. The van der Waals surface area contributed by atoms with E-state index in [-0.39, 0.29) is 23.5 Å². The van der Waals surface area contributed by atoms with E-state index >= 15 is 8.78 Å². The lowest BCUT2D eigenvalue weighted by Crippen LogP contribution is -2.56. The molecule has 0 spiro atoms. The van der Waals surface area contributed by atoms with Crippen LogP contribution in [0.15, 0.2) is 30.5 Å². The number of amides is 1. The normalized spacial score (nSPS) is 23.4. The third kappa shape index (κ3) is 5.84. The van der Waals surface area contributed by atoms with Gasteiger partial charge in [-0.05, 0) is 31.4 Å². The predicted molar refractivity (Wildman–Crippen MR) is 154 cm³/mol. The highest BCUT2D eigenvalue weighted by molar-refractivity contribution is 6.05. The van der Waals surface area contributed by atoms with Crippen LogP contribution in [0, 0.1) is 23.4 Å². The minimum atomic E-state index is -1.08. The minimum absolute atomic E-state index is 0.0473. The van der Waals surface area contributed by atoms with Crippen molar-refractivity contribution in [3.05, 3.63) is 59.2 Å². The number of fused-ring (bicyclic) bond motifs is 1. The molecule has 1 aromatic carbocycles. The van der Waals surface area contributed by atoms with Gasteiger partial charge in [0.25, 0.3) is 5.91 Å². The molecule has 0 radical (unpaired) electrons. The lowest BCUT2D eigenvalue weighted by Gasteiger charge is -2.41. The summed E-state index contributed by atoms with van der Waals surface area (Å²) in [6.07, 6.45) is 2.61. The van der Waals surface area contributed by atoms with Gasteiger partial charge in [-0.2, -0.15) is 0 Å². The highest BCUT2D eigenvalue weighted by Crippen LogP contribution is 2.39. The Labute approximate surface area is 246 Å². The van der Waals surface area contributed by atoms with Crippen molar-refractivity contribution in [1.29, 1.82) is 0 Å². The number of aliphatic hydroxyl groups excluding tert-OH is 1. The lowest BCUT2D eigenvalue weighted by molar-refractivity contribution is 0.00720. The van der Waals surface area contributed by atoms with Gasteiger partial charge in [0.1, 0.15) is 46.5 Å². The van der Waals surface area contributed by atoms with Crippen LogP contribution in [0.1, 0.15) is 35.8 Å². The van der Waals surface area contributed by atoms with Gasteiger partial charge in [0, 0.05) is 55.9 Å². The number of hydrogen-bond donors (Lipinski definition) is 4. The van der Waals surface area contributed by atoms with E-state index in [1.54, 1.807) is 0 Å². The molecule has 43 heavy (non-hydrogen) atoms. The van der Waals surface area contributed by atoms with Crippen LogP contribution in [0.3, 0.4) is 0 Å². The number of halogens is 3. The SMILES string of the molecule is C[C@H]1CN(c2c(NC(=O)c3ccc(F)c(-c4c(F)cc(OC5CCCOC5)cc4F)n3)cnc3c2CCN3)C[C@@H](N)[C@@H]1O. The summed E-state index contributed by atoms with van der Waals surface area (Å²) in [5, 5.41) is 16.4. The number of pyridine rings is 2. The second kappa shape index (κ2) is 12.0. The second-order valence-corrected chi connectivity index (χ2v) is 11.3. The number of piperidine rings is 1. The van der Waals surface area contributed by atoms with Crippen LogP contribution in [-0.2, 0) is 11.2 Å². The Morgan fingerprint density at radius 3 is 2.72 bits per heavy atom. The van der Waals surface area contributed by atoms with E-state index in [9.17, 15) is 14.3 Å². The molecule has 0 aliphatic carbocycles. The fraction of sp³-hybridized carbons (Fsp3) is 0.433. The van der Waals surface area contributed by atoms with E-state index in [4.69, 9.17) is 15.2 Å². The maximum absolute atomic E-state index is 15.2. The average Bonchev–Trinajstić information content (AvgIpc) is 3.45. The number of carbonyl (C=O) groups excluding carboxylic acids is 1. The van der Waals surface area contributed by atoms with E-state index < -0.39 is 46.8 Å². The Bertz CT molecular complexity index is 1500. The molecule has 2 fully saturated rings. The van der Waals surface area contributed by atoms with Crippen molar-refractivity contribution in [2.45, 2.75) is 44.4 Å². The van der Waals surface area contributed by atoms with Crippen molar-refractivity contribution in [3.8, 4) is 17.0 Å². The first-order valence-electron chi connectivity index (χ1n) is 14.4. The topological polar surface area (TPSA) is 135 Å². The molecular weight excluding hydrogens is 565 g/mol. The Kier molecular flexibility index (Phi) is 8.12. The number of aromatic nitrogens is 2. The molecular formula is C30H33F3N6O4. The summed E-state index contributed by atoms with van der Waals surface area (Å²) in [5.74, 6) is -3.35. The monoisotopic (exact) mass is 598 g/mol. The average molecular weight is 599 g/mol. The predicted octanol–water partition coefficient (Wildman–Crippen LogP) is 3.48. The summed E-state index contributed by atoms with van der Waals surface area (Å²) >= 11 is 0. The maximum Gasteiger partial charge on any atom is 0.274 e. The van der Waals surface area contributed by atoms with Crippen molar-refractivity contribution in [2.24, 2.45) is 11.7 Å². The first kappa shape index (κ1) is 29.1. The van der Waals surface area contributed by atoms with Crippen LogP contribution in [0.4, 0.5) is 30.4 Å². The molecule has 5 heterocycles. The lowest BCUT2D eigenvalue weighted by atomic mass is 9.92. The van der Waals surface area contributed by atoms with Gasteiger partial charge in [0.05, 0.1) is 35.8 Å². The maximum atomic E-state index is 15.2. The van der Waals surface area contributed by atoms with Crippen LogP contribution in [0.25, 0.3) is 11.3 Å². The first-order chi connectivity index (χ1) is 20.7. The first-order valence-corrected chi connectivity index (χ1v) is 14.4. The molecule has 1 amide bonds. The fourth-order valence-electron chi connectivity index (χ4n) is 5.96. The zero-order valence-electron chi connectivity index (χ0n) is 23.6. The third-order valence-electron chi connectivity index (χ3n) is 8.10. The third-order valence-corrected chi connectivity index (χ3v) is 8.10. The highest BCUT2D eigenvalue weighted by atomic mass is 19.1. The van der Waals surface area contributed by atoms with Crippen LogP contribution in [0.5, 0.6) is 5.75 Å². The van der Waals surface area contributed by atoms with E-state index in [0.29, 0.717) is 57.2 Å². The zero-order valence-corrected chi connectivity index (χ0v) is 23.6. The number of aliphatic hydroxyl groups is 1. The summed E-state index contributed by atoms with van der Waals surface area (Å²) in [6, 6.07) is 3.53. The number of hydrogen-bond acceptors (Lipinski definition) is 9. The molecule has 1 unspecified atom stereocenters. The molecule has 2 aromatic heterocycles. The molecule has 2 saturated heterocycles. The van der Waals surface area contributed by atoms with Gasteiger partial charge in [-0.15, -0.1) is 0 Å². The fourth-order valence-corrected chi connectivity index (χ4v) is 5.96. The van der Waals surface area contributed by atoms with Gasteiger partial charge in [-0.1, -0.05) is 6.92 Å². The summed E-state index contributed by atoms with van der Waals surface area (Å²) in [7, 11) is 0. The standard InChI is InChI=1S/C30H33F3N6O4/c1-15-12-39(13-22(34)28(15)40)27-18-6-7-35-29(18)36-11-24(27)38-30(41)23-5-4-19(31)26(37-23)25-20(32)9-17(10-21(25)33)43-16-3-2-8-42-14-16/h4-5,9-11,15-16,22,28,40H,2-3,6-8,12-14,34H2,1H3,(H,35,36)(H,38,41)/t15-,16?,22+,28+/m0/s1. The molecule has 228 valence electrons. The molecule has 0 bridgehead atoms. The van der Waals surface area contributed by atoms with Gasteiger partial charge >= 0.3 is 0 Å². The summed E-state index contributed by atoms with van der Waals surface area (Å²) in [5.41, 5.74) is 6.61. The van der Waals surface area contributed by atoms with Gasteiger partial charge < -0.3 is 35.8 Å². The number of anilines is 3. The molecule has 0 saturated carbocycles. The number of rotatable bonds is 6. The van der Waals surface area contributed by atoms with Gasteiger partial charge in [0.15, 0.2) is 0 Å². The molecule has 4 atom stereocenters. The zero-order chi connectivity index (χ0) is 30.2. The molecule has 3 aliphatic rings. The Hall–Kier alpha value is -3.94. The van der Waals surface area contributed by atoms with E-state index in [2.05, 4.69) is 20.6 Å². The number of nitrogens with one attached hydrogen (secondary N) is 2. The smallest absolute Gasteiger partial charge is 0.274 e. The van der Waals surface area contributed by atoms with E-state index in [1.165, 1.54) is 6.20 Å². The highest BCUT2D eigenvalue weighted by Gasteiger charge is 2.34. The van der Waals surface area contributed by atoms with E-state index in [0.717, 1.165) is 41.9 Å². The largest absolute Gasteiger partial charge is 0.488 e. The quantitative estimate of drug-likeness (QED) is 0.336. The number of ether oxygens (including phenoxy) is 2. The number of nitrogens with two attached hydrogens (primary N) is 1. The second-order valence-electron chi connectivity index (χ2n) is 11.3. The summed E-state index contributed by atoms with van der Waals surface area (Å²) < 4.78 is 56.3. The molecule has 10 nitrogen and oxygen atoms in total. The summed E-state index contributed by atoms with van der Waals surface area (Å²) in [4.78, 5) is 23.9. The minimum Gasteiger partial charge on any atom is -0.488 e. The van der Waals surface area contributed by atoms with Crippen LogP contribution in [-0.4, -0.2) is 72.1 Å². The van der Waals surface area contributed by atoms with Gasteiger partial charge in [0.2, 0.25) is 0 Å². The van der Waals surface area contributed by atoms with Crippen molar-refractivity contribution in [1.82, 2.24) is 9.97 Å². The van der Waals surface area contributed by atoms with Crippen LogP contribution >= 0.6 is 0 Å². The molecule has 3 aliphatic heterocycles. The van der Waals surface area contributed by atoms with Crippen LogP contribution < -0.4 is 26.0 Å². The van der Waals surface area contributed by atoms with E-state index in [1.807, 2.05) is 11.8 Å². The number of benzene rings is 1. The van der Waals surface area contributed by atoms with Gasteiger partial charge in [-0.3, -0.25) is 4.79 Å². The van der Waals surface area contributed by atoms with Gasteiger partial charge in [-0.25, -0.2) is 23.1 Å². The molecule has 5 N–H and O–H groups in total. The number of carbonyl (C=O) groups is 1. The molecule has 13 heteroatoms. The molecule has 6 rings (SSSR count). The van der Waals surface area contributed by atoms with Crippen molar-refractivity contribution in [3.63, 3.8) is 0 Å². The molecule has 3 aromatic rings. The van der Waals surface area contributed by atoms with Crippen molar-refractivity contribution in [2.75, 3.05) is 48.4 Å². The summed E-state index contributed by atoms with van der Waals surface area (Å²) in [6.45, 7) is 4.34. The Morgan fingerprint density at radius 1 is 1.21 bits per heavy atom. The Morgan fingerprint density at radius 2 is 2.00 bits per heavy atom. The Balaban J connectivity index is 1.28. The van der Waals surface area contributed by atoms with Crippen molar-refractivity contribution < 1.29 is 32.5 Å².